The molecule has 0 fully saturated rings. The van der Waals surface area contributed by atoms with Crippen LogP contribution in [0.4, 0.5) is 0 Å². The van der Waals surface area contributed by atoms with E-state index in [2.05, 4.69) is 31.1 Å². The van der Waals surface area contributed by atoms with Gasteiger partial charge in [0.05, 0.1) is 11.1 Å². The fraction of sp³-hybridized carbons (Fsp3) is 0.438. The first-order valence-electron chi connectivity index (χ1n) is 7.04. The van der Waals surface area contributed by atoms with E-state index < -0.39 is 0 Å². The average molecular weight is 258 g/mol. The molecule has 0 aliphatic heterocycles. The zero-order valence-electron chi connectivity index (χ0n) is 11.9. The van der Waals surface area contributed by atoms with E-state index in [1.54, 1.807) is 0 Å². The van der Waals surface area contributed by atoms with Crippen molar-refractivity contribution in [1.82, 2.24) is 10.3 Å². The Kier molecular flexibility index (Phi) is 4.25. The third-order valence-electron chi connectivity index (χ3n) is 3.95. The number of hydrogen-bond acceptors (Lipinski definition) is 1. The molecule has 2 N–H and O–H groups in total. The van der Waals surface area contributed by atoms with Gasteiger partial charge in [-0.3, -0.25) is 4.79 Å². The summed E-state index contributed by atoms with van der Waals surface area (Å²) in [5.41, 5.74) is 1.64. The van der Waals surface area contributed by atoms with Gasteiger partial charge < -0.3 is 10.3 Å². The summed E-state index contributed by atoms with van der Waals surface area (Å²) in [5, 5.41) is 4.19. The van der Waals surface area contributed by atoms with Crippen LogP contribution in [0.2, 0.25) is 0 Å². The summed E-state index contributed by atoms with van der Waals surface area (Å²) < 4.78 is 0. The number of hydrogen-bond donors (Lipinski definition) is 2. The van der Waals surface area contributed by atoms with Gasteiger partial charge in [0.15, 0.2) is 0 Å². The lowest BCUT2D eigenvalue weighted by Gasteiger charge is -2.22. The predicted molar refractivity (Wildman–Crippen MR) is 79.3 cm³/mol. The minimum absolute atomic E-state index is 0.00690. The van der Waals surface area contributed by atoms with Crippen LogP contribution in [0.15, 0.2) is 30.5 Å². The van der Waals surface area contributed by atoms with Gasteiger partial charge >= 0.3 is 0 Å². The Balaban J connectivity index is 2.18. The molecule has 1 aromatic heterocycles. The molecule has 1 amide bonds. The lowest BCUT2D eigenvalue weighted by atomic mass is 9.95. The monoisotopic (exact) mass is 258 g/mol. The fourth-order valence-electron chi connectivity index (χ4n) is 2.67. The van der Waals surface area contributed by atoms with Crippen molar-refractivity contribution in [3.05, 3.63) is 36.0 Å². The van der Waals surface area contributed by atoms with E-state index in [0.717, 1.165) is 29.3 Å². The molecule has 0 aliphatic carbocycles. The molecule has 3 nitrogen and oxygen atoms in total. The minimum Gasteiger partial charge on any atom is -0.361 e. The molecule has 19 heavy (non-hydrogen) atoms. The molecular formula is C16H22N2O. The molecule has 2 aromatic rings. The molecule has 1 heterocycles. The Labute approximate surface area is 114 Å². The number of fused-ring (bicyclic) bond motifs is 1. The molecule has 1 unspecified atom stereocenters. The van der Waals surface area contributed by atoms with E-state index in [-0.39, 0.29) is 11.9 Å². The second kappa shape index (κ2) is 5.91. The maximum absolute atomic E-state index is 12.4. The third kappa shape index (κ3) is 2.80. The second-order valence-corrected chi connectivity index (χ2v) is 5.09. The van der Waals surface area contributed by atoms with E-state index in [0.29, 0.717) is 5.92 Å². The van der Waals surface area contributed by atoms with Gasteiger partial charge in [0.2, 0.25) is 0 Å². The molecule has 0 radical (unpaired) electrons. The van der Waals surface area contributed by atoms with Gasteiger partial charge in [-0.15, -0.1) is 0 Å². The van der Waals surface area contributed by atoms with Crippen molar-refractivity contribution in [3.63, 3.8) is 0 Å². The van der Waals surface area contributed by atoms with Crippen molar-refractivity contribution in [2.24, 2.45) is 5.92 Å². The highest BCUT2D eigenvalue weighted by Gasteiger charge is 2.18. The van der Waals surface area contributed by atoms with Gasteiger partial charge in [-0.05, 0) is 25.0 Å². The summed E-state index contributed by atoms with van der Waals surface area (Å²) >= 11 is 0. The standard InChI is InChI=1S/C16H22N2O/c1-4-12(5-2)11(3)18-16(19)14-8-6-7-13-9-10-17-15(13)14/h6-12,17H,4-5H2,1-3H3,(H,18,19). The molecule has 0 saturated heterocycles. The number of benzene rings is 1. The van der Waals surface area contributed by atoms with Gasteiger partial charge in [0, 0.05) is 17.6 Å². The highest BCUT2D eigenvalue weighted by atomic mass is 16.1. The molecule has 0 saturated carbocycles. The Hall–Kier alpha value is -1.77. The molecule has 102 valence electrons. The van der Waals surface area contributed by atoms with Gasteiger partial charge in [-0.2, -0.15) is 0 Å². The van der Waals surface area contributed by atoms with Crippen LogP contribution in [-0.2, 0) is 0 Å². The van der Waals surface area contributed by atoms with Crippen LogP contribution in [0, 0.1) is 5.92 Å². The van der Waals surface area contributed by atoms with Crippen LogP contribution >= 0.6 is 0 Å². The largest absolute Gasteiger partial charge is 0.361 e. The van der Waals surface area contributed by atoms with Gasteiger partial charge in [-0.1, -0.05) is 38.8 Å². The Bertz CT molecular complexity index is 555. The van der Waals surface area contributed by atoms with Crippen LogP contribution in [0.5, 0.6) is 0 Å². The van der Waals surface area contributed by atoms with Crippen molar-refractivity contribution in [3.8, 4) is 0 Å². The lowest BCUT2D eigenvalue weighted by Crippen LogP contribution is -2.37. The topological polar surface area (TPSA) is 44.9 Å². The van der Waals surface area contributed by atoms with Crippen molar-refractivity contribution >= 4 is 16.8 Å². The smallest absolute Gasteiger partial charge is 0.253 e. The molecule has 2 rings (SSSR count). The van der Waals surface area contributed by atoms with E-state index in [9.17, 15) is 4.79 Å². The quantitative estimate of drug-likeness (QED) is 0.843. The fourth-order valence-corrected chi connectivity index (χ4v) is 2.67. The third-order valence-corrected chi connectivity index (χ3v) is 3.95. The number of aromatic amines is 1. The van der Waals surface area contributed by atoms with Crippen LogP contribution in [0.1, 0.15) is 44.0 Å². The SMILES string of the molecule is CCC(CC)C(C)NC(=O)c1cccc2cc[nH]c12. The van der Waals surface area contributed by atoms with Crippen molar-refractivity contribution in [1.29, 1.82) is 0 Å². The predicted octanol–water partition coefficient (Wildman–Crippen LogP) is 3.72. The average Bonchev–Trinajstić information content (AvgIpc) is 2.87. The Morgan fingerprint density at radius 3 is 2.68 bits per heavy atom. The Morgan fingerprint density at radius 2 is 2.00 bits per heavy atom. The number of para-hydroxylation sites is 1. The van der Waals surface area contributed by atoms with E-state index in [4.69, 9.17) is 0 Å². The summed E-state index contributed by atoms with van der Waals surface area (Å²) in [7, 11) is 0. The lowest BCUT2D eigenvalue weighted by molar-refractivity contribution is 0.0926. The van der Waals surface area contributed by atoms with Crippen LogP contribution in [0.25, 0.3) is 10.9 Å². The number of H-pyrrole nitrogens is 1. The van der Waals surface area contributed by atoms with Gasteiger partial charge in [0.25, 0.3) is 5.91 Å². The summed E-state index contributed by atoms with van der Waals surface area (Å²) in [4.78, 5) is 15.5. The van der Waals surface area contributed by atoms with Gasteiger partial charge in [-0.25, -0.2) is 0 Å². The molecule has 3 heteroatoms. The highest BCUT2D eigenvalue weighted by molar-refractivity contribution is 6.05. The summed E-state index contributed by atoms with van der Waals surface area (Å²) in [6.07, 6.45) is 4.04. The van der Waals surface area contributed by atoms with E-state index in [1.165, 1.54) is 0 Å². The number of carbonyl (C=O) groups excluding carboxylic acids is 1. The summed E-state index contributed by atoms with van der Waals surface area (Å²) in [6, 6.07) is 7.98. The van der Waals surface area contributed by atoms with Crippen LogP contribution in [0.3, 0.4) is 0 Å². The van der Waals surface area contributed by atoms with E-state index >= 15 is 0 Å². The normalized spacial score (nSPS) is 12.8. The van der Waals surface area contributed by atoms with Crippen molar-refractivity contribution in [2.75, 3.05) is 0 Å². The molecular weight excluding hydrogens is 236 g/mol. The van der Waals surface area contributed by atoms with Crippen molar-refractivity contribution < 1.29 is 4.79 Å². The van der Waals surface area contributed by atoms with Gasteiger partial charge in [0.1, 0.15) is 0 Å². The molecule has 0 bridgehead atoms. The number of aromatic nitrogens is 1. The highest BCUT2D eigenvalue weighted by Crippen LogP contribution is 2.18. The maximum Gasteiger partial charge on any atom is 0.253 e. The number of nitrogens with one attached hydrogen (secondary N) is 2. The molecule has 1 atom stereocenters. The maximum atomic E-state index is 12.4. The Morgan fingerprint density at radius 1 is 1.26 bits per heavy atom. The first-order valence-corrected chi connectivity index (χ1v) is 7.04. The molecule has 0 spiro atoms. The van der Waals surface area contributed by atoms with Crippen LogP contribution < -0.4 is 5.32 Å². The number of amides is 1. The van der Waals surface area contributed by atoms with E-state index in [1.807, 2.05) is 30.5 Å². The second-order valence-electron chi connectivity index (χ2n) is 5.09. The first kappa shape index (κ1) is 13.7. The number of carbonyl (C=O) groups is 1. The summed E-state index contributed by atoms with van der Waals surface area (Å²) in [5.74, 6) is 0.541. The van der Waals surface area contributed by atoms with Crippen molar-refractivity contribution in [2.45, 2.75) is 39.7 Å². The zero-order chi connectivity index (χ0) is 13.8. The molecule has 0 aliphatic rings. The minimum atomic E-state index is 0.00690. The number of rotatable bonds is 5. The zero-order valence-corrected chi connectivity index (χ0v) is 11.9. The summed E-state index contributed by atoms with van der Waals surface area (Å²) in [6.45, 7) is 6.43. The first-order chi connectivity index (χ1) is 9.17. The molecule has 1 aromatic carbocycles. The van der Waals surface area contributed by atoms with Crippen LogP contribution in [-0.4, -0.2) is 16.9 Å².